The van der Waals surface area contributed by atoms with Gasteiger partial charge in [0.25, 0.3) is 0 Å². The van der Waals surface area contributed by atoms with E-state index < -0.39 is 6.09 Å². The van der Waals surface area contributed by atoms with Gasteiger partial charge < -0.3 is 14.7 Å². The van der Waals surface area contributed by atoms with Gasteiger partial charge >= 0.3 is 6.09 Å². The first-order valence-corrected chi connectivity index (χ1v) is 8.11. The highest BCUT2D eigenvalue weighted by molar-refractivity contribution is 7.10. The highest BCUT2D eigenvalue weighted by Crippen LogP contribution is 2.30. The van der Waals surface area contributed by atoms with E-state index in [2.05, 4.69) is 0 Å². The number of carbonyl (C=O) groups is 2. The lowest BCUT2D eigenvalue weighted by molar-refractivity contribution is 0.100. The van der Waals surface area contributed by atoms with Crippen LogP contribution in [-0.2, 0) is 0 Å². The van der Waals surface area contributed by atoms with Crippen LogP contribution in [0.15, 0.2) is 41.8 Å². The van der Waals surface area contributed by atoms with Crippen molar-refractivity contribution in [2.24, 2.45) is 0 Å². The third kappa shape index (κ3) is 4.56. The molecular weight excluding hydrogens is 314 g/mol. The van der Waals surface area contributed by atoms with Gasteiger partial charge in [-0.05, 0) is 30.5 Å². The van der Waals surface area contributed by atoms with Crippen molar-refractivity contribution in [1.82, 2.24) is 4.90 Å². The number of rotatable bonds is 7. The zero-order chi connectivity index (χ0) is 16.8. The zero-order valence-electron chi connectivity index (χ0n) is 13.1. The van der Waals surface area contributed by atoms with Crippen molar-refractivity contribution in [3.63, 3.8) is 0 Å². The van der Waals surface area contributed by atoms with Crippen molar-refractivity contribution in [3.05, 3.63) is 52.2 Å². The Morgan fingerprint density at radius 1 is 1.26 bits per heavy atom. The number of Topliss-reactive ketones (excluding diaryl/α,β-unsaturated/α-hetero) is 1. The second kappa shape index (κ2) is 7.78. The van der Waals surface area contributed by atoms with Gasteiger partial charge in [-0.1, -0.05) is 18.2 Å². The molecule has 2 aromatic rings. The summed E-state index contributed by atoms with van der Waals surface area (Å²) in [5.74, 6) is 0.463. The Bertz CT molecular complexity index is 669. The van der Waals surface area contributed by atoms with Crippen molar-refractivity contribution in [2.45, 2.75) is 19.4 Å². The molecule has 122 valence electrons. The Morgan fingerprint density at radius 2 is 2.00 bits per heavy atom. The Hall–Kier alpha value is -2.34. The smallest absolute Gasteiger partial charge is 0.407 e. The van der Waals surface area contributed by atoms with Crippen LogP contribution in [0.1, 0.15) is 34.7 Å². The number of carboxylic acid groups (broad SMARTS) is 1. The average molecular weight is 333 g/mol. The maximum Gasteiger partial charge on any atom is 0.407 e. The largest absolute Gasteiger partial charge is 0.484 e. The van der Waals surface area contributed by atoms with Crippen LogP contribution in [0.2, 0.25) is 0 Å². The Kier molecular flexibility index (Phi) is 5.76. The van der Waals surface area contributed by atoms with Crippen LogP contribution in [0.5, 0.6) is 5.75 Å². The third-order valence-electron chi connectivity index (χ3n) is 3.45. The van der Waals surface area contributed by atoms with Gasteiger partial charge in [0.2, 0.25) is 0 Å². The molecule has 0 saturated carbocycles. The number of amides is 1. The minimum atomic E-state index is -0.973. The number of benzene rings is 1. The lowest BCUT2D eigenvalue weighted by Crippen LogP contribution is -2.27. The summed E-state index contributed by atoms with van der Waals surface area (Å²) in [6.45, 7) is 1.85. The SMILES string of the molecule is CC(=O)c1ccccc1OC(CCN(C)C(=O)O)c1cccs1. The summed E-state index contributed by atoms with van der Waals surface area (Å²) in [4.78, 5) is 24.9. The summed E-state index contributed by atoms with van der Waals surface area (Å²) >= 11 is 1.55. The predicted molar refractivity (Wildman–Crippen MR) is 89.4 cm³/mol. The second-order valence-corrected chi connectivity index (χ2v) is 6.15. The van der Waals surface area contributed by atoms with E-state index in [-0.39, 0.29) is 11.9 Å². The maximum atomic E-state index is 11.7. The summed E-state index contributed by atoms with van der Waals surface area (Å²) in [7, 11) is 1.53. The van der Waals surface area contributed by atoms with Crippen LogP contribution in [0, 0.1) is 0 Å². The van der Waals surface area contributed by atoms with Crippen LogP contribution >= 0.6 is 11.3 Å². The number of carbonyl (C=O) groups excluding carboxylic acids is 1. The molecule has 0 aliphatic carbocycles. The number of hydrogen-bond donors (Lipinski definition) is 1. The van der Waals surface area contributed by atoms with E-state index in [1.165, 1.54) is 18.9 Å². The molecule has 1 aromatic heterocycles. The van der Waals surface area contributed by atoms with E-state index in [1.807, 2.05) is 23.6 Å². The normalized spacial score (nSPS) is 11.7. The first kappa shape index (κ1) is 17.0. The molecule has 1 amide bonds. The van der Waals surface area contributed by atoms with Gasteiger partial charge in [0, 0.05) is 24.9 Å². The molecule has 5 nitrogen and oxygen atoms in total. The topological polar surface area (TPSA) is 66.8 Å². The quantitative estimate of drug-likeness (QED) is 0.776. The average Bonchev–Trinajstić information content (AvgIpc) is 3.05. The molecule has 0 fully saturated rings. The molecule has 0 aliphatic rings. The summed E-state index contributed by atoms with van der Waals surface area (Å²) in [5.41, 5.74) is 0.528. The maximum absolute atomic E-state index is 11.7. The molecule has 23 heavy (non-hydrogen) atoms. The molecule has 0 saturated heterocycles. The van der Waals surface area contributed by atoms with Gasteiger partial charge in [-0.25, -0.2) is 4.79 Å². The number of ether oxygens (including phenoxy) is 1. The van der Waals surface area contributed by atoms with Gasteiger partial charge in [0.05, 0.1) is 5.56 Å². The Morgan fingerprint density at radius 3 is 2.61 bits per heavy atom. The van der Waals surface area contributed by atoms with Crippen LogP contribution in [-0.4, -0.2) is 35.5 Å². The van der Waals surface area contributed by atoms with Gasteiger partial charge in [-0.3, -0.25) is 4.79 Å². The first-order chi connectivity index (χ1) is 11.0. The molecule has 0 radical (unpaired) electrons. The van der Waals surface area contributed by atoms with E-state index in [1.54, 1.807) is 29.5 Å². The molecule has 6 heteroatoms. The van der Waals surface area contributed by atoms with Crippen molar-refractivity contribution >= 4 is 23.2 Å². The lowest BCUT2D eigenvalue weighted by atomic mass is 10.1. The molecular formula is C17H19NO4S. The van der Waals surface area contributed by atoms with Crippen molar-refractivity contribution in [2.75, 3.05) is 13.6 Å². The third-order valence-corrected chi connectivity index (χ3v) is 4.41. The molecule has 1 atom stereocenters. The molecule has 1 unspecified atom stereocenters. The van der Waals surface area contributed by atoms with Crippen molar-refractivity contribution in [1.29, 1.82) is 0 Å². The molecule has 0 aliphatic heterocycles. The minimum absolute atomic E-state index is 0.0619. The minimum Gasteiger partial charge on any atom is -0.484 e. The summed E-state index contributed by atoms with van der Waals surface area (Å²) in [6.07, 6.45) is -0.758. The molecule has 0 spiro atoms. The van der Waals surface area contributed by atoms with Crippen LogP contribution in [0.25, 0.3) is 0 Å². The van der Waals surface area contributed by atoms with E-state index in [4.69, 9.17) is 9.84 Å². The summed E-state index contributed by atoms with van der Waals surface area (Å²) < 4.78 is 6.05. The molecule has 1 N–H and O–H groups in total. The fourth-order valence-electron chi connectivity index (χ4n) is 2.15. The monoisotopic (exact) mass is 333 g/mol. The van der Waals surface area contributed by atoms with Crippen molar-refractivity contribution < 1.29 is 19.4 Å². The van der Waals surface area contributed by atoms with E-state index in [0.29, 0.717) is 24.3 Å². The van der Waals surface area contributed by atoms with Gasteiger partial charge in [-0.2, -0.15) is 0 Å². The second-order valence-electron chi connectivity index (χ2n) is 5.17. The number of thiophene rings is 1. The van der Waals surface area contributed by atoms with E-state index in [0.717, 1.165) is 4.88 Å². The summed E-state index contributed by atoms with van der Waals surface area (Å²) in [6, 6.07) is 11.0. The summed E-state index contributed by atoms with van der Waals surface area (Å²) in [5, 5.41) is 10.9. The van der Waals surface area contributed by atoms with Gasteiger partial charge in [0.1, 0.15) is 11.9 Å². The fraction of sp³-hybridized carbons (Fsp3) is 0.294. The number of para-hydroxylation sites is 1. The van der Waals surface area contributed by atoms with Crippen LogP contribution in [0.3, 0.4) is 0 Å². The number of hydrogen-bond acceptors (Lipinski definition) is 4. The van der Waals surface area contributed by atoms with Crippen molar-refractivity contribution in [3.8, 4) is 5.75 Å². The first-order valence-electron chi connectivity index (χ1n) is 7.23. The zero-order valence-corrected chi connectivity index (χ0v) is 13.9. The van der Waals surface area contributed by atoms with Gasteiger partial charge in [0.15, 0.2) is 5.78 Å². The van der Waals surface area contributed by atoms with Gasteiger partial charge in [-0.15, -0.1) is 11.3 Å². The van der Waals surface area contributed by atoms with E-state index >= 15 is 0 Å². The van der Waals surface area contributed by atoms with E-state index in [9.17, 15) is 9.59 Å². The number of ketones is 1. The highest BCUT2D eigenvalue weighted by atomic mass is 32.1. The molecule has 0 bridgehead atoms. The highest BCUT2D eigenvalue weighted by Gasteiger charge is 2.19. The fourth-order valence-corrected chi connectivity index (χ4v) is 2.94. The Balaban J connectivity index is 2.19. The molecule has 1 aromatic carbocycles. The lowest BCUT2D eigenvalue weighted by Gasteiger charge is -2.22. The van der Waals surface area contributed by atoms with Crippen LogP contribution in [0.4, 0.5) is 4.79 Å². The molecule has 2 rings (SSSR count). The molecule has 1 heterocycles. The standard InChI is InChI=1S/C17H19NO4S/c1-12(19)13-6-3-4-7-14(13)22-15(16-8-5-11-23-16)9-10-18(2)17(20)21/h3-8,11,15H,9-10H2,1-2H3,(H,20,21). The Labute approximate surface area is 139 Å². The predicted octanol–water partition coefficient (Wildman–Crippen LogP) is 4.07. The number of nitrogens with zero attached hydrogens (tertiary/aromatic N) is 1. The van der Waals surface area contributed by atoms with Crippen LogP contribution < -0.4 is 4.74 Å².